The van der Waals surface area contributed by atoms with E-state index in [0.29, 0.717) is 23.6 Å². The molecule has 7 nitrogen and oxygen atoms in total. The molecule has 1 aliphatic rings. The molecule has 3 N–H and O–H groups in total. The zero-order chi connectivity index (χ0) is 21.3. The van der Waals surface area contributed by atoms with Crippen molar-refractivity contribution in [2.45, 2.75) is 44.6 Å². The van der Waals surface area contributed by atoms with E-state index in [1.165, 1.54) is 18.2 Å². The van der Waals surface area contributed by atoms with E-state index >= 15 is 0 Å². The van der Waals surface area contributed by atoms with Crippen LogP contribution in [0.5, 0.6) is 0 Å². The largest absolute Gasteiger partial charge is 0.393 e. The van der Waals surface area contributed by atoms with Crippen molar-refractivity contribution in [3.63, 3.8) is 0 Å². The quantitative estimate of drug-likeness (QED) is 0.312. The van der Waals surface area contributed by atoms with Gasteiger partial charge in [0.15, 0.2) is 15.8 Å². The van der Waals surface area contributed by atoms with Gasteiger partial charge < -0.3 is 20.6 Å². The fourth-order valence-corrected chi connectivity index (χ4v) is 4.17. The van der Waals surface area contributed by atoms with Gasteiger partial charge in [-0.1, -0.05) is 6.07 Å². The lowest BCUT2D eigenvalue weighted by Crippen LogP contribution is -2.40. The van der Waals surface area contributed by atoms with Gasteiger partial charge in [0, 0.05) is 32.4 Å². The maximum Gasteiger partial charge on any atom is 0.191 e. The summed E-state index contributed by atoms with van der Waals surface area (Å²) in [4.78, 5) is 6.85. The molecule has 1 heterocycles. The molecule has 1 fully saturated rings. The number of nitrogens with one attached hydrogen (secondary N) is 2. The minimum absolute atomic E-state index is 0.132. The Bertz CT molecular complexity index is 778. The van der Waals surface area contributed by atoms with Crippen LogP contribution in [-0.4, -0.2) is 69.5 Å². The second kappa shape index (κ2) is 11.5. The number of piperidine rings is 1. The van der Waals surface area contributed by atoms with Gasteiger partial charge >= 0.3 is 0 Å². The molecule has 0 unspecified atom stereocenters. The second-order valence-corrected chi connectivity index (χ2v) is 9.67. The highest BCUT2D eigenvalue weighted by atomic mass is 32.2. The third-order valence-electron chi connectivity index (χ3n) is 4.84. The number of guanidine groups is 1. The number of hydrogen-bond donors (Lipinski definition) is 3. The number of nitrogens with zero attached hydrogens (tertiary/aromatic N) is 2. The van der Waals surface area contributed by atoms with Gasteiger partial charge in [-0.05, 0) is 56.0 Å². The van der Waals surface area contributed by atoms with Gasteiger partial charge in [-0.25, -0.2) is 17.8 Å². The molecule has 0 saturated carbocycles. The summed E-state index contributed by atoms with van der Waals surface area (Å²) in [5.41, 5.74) is 1.14. The van der Waals surface area contributed by atoms with Crippen LogP contribution in [0.1, 0.15) is 37.3 Å². The summed E-state index contributed by atoms with van der Waals surface area (Å²) in [7, 11) is -3.22. The third-order valence-corrected chi connectivity index (χ3v) is 5.67. The first kappa shape index (κ1) is 23.6. The number of halogens is 1. The standard InChI is InChI=1S/C20H33FN4O3S/c1-3-22-20(23-9-4-10-25-11-7-19(26)8-12-25)24-14-17-13-18(21)6-5-16(17)15-29(2,27)28/h5-6,13,19,26H,3-4,7-12,14-15H2,1-2H3,(H2,22,23,24). The van der Waals surface area contributed by atoms with Gasteiger partial charge in [0.2, 0.25) is 0 Å². The Hall–Kier alpha value is -1.71. The number of likely N-dealkylation sites (tertiary alicyclic amines) is 1. The Morgan fingerprint density at radius 1 is 1.28 bits per heavy atom. The van der Waals surface area contributed by atoms with Crippen molar-refractivity contribution in [1.29, 1.82) is 0 Å². The van der Waals surface area contributed by atoms with E-state index in [2.05, 4.69) is 20.5 Å². The van der Waals surface area contributed by atoms with Crippen LogP contribution in [0.15, 0.2) is 23.2 Å². The van der Waals surface area contributed by atoms with Crippen molar-refractivity contribution in [1.82, 2.24) is 15.5 Å². The van der Waals surface area contributed by atoms with Crippen molar-refractivity contribution in [3.05, 3.63) is 35.1 Å². The topological polar surface area (TPSA) is 94.0 Å². The minimum atomic E-state index is -3.22. The predicted octanol–water partition coefficient (Wildman–Crippen LogP) is 1.27. The molecule has 2 rings (SSSR count). The SMILES string of the molecule is CCNC(=NCc1cc(F)ccc1CS(C)(=O)=O)NCCCN1CCC(O)CC1. The third kappa shape index (κ3) is 9.10. The number of aliphatic hydroxyl groups excluding tert-OH is 1. The molecule has 29 heavy (non-hydrogen) atoms. The normalized spacial score (nSPS) is 16.8. The van der Waals surface area contributed by atoms with Gasteiger partial charge in [-0.15, -0.1) is 0 Å². The van der Waals surface area contributed by atoms with Crippen LogP contribution < -0.4 is 10.6 Å². The zero-order valence-corrected chi connectivity index (χ0v) is 18.1. The smallest absolute Gasteiger partial charge is 0.191 e. The summed E-state index contributed by atoms with van der Waals surface area (Å²) in [5.74, 6) is 0.0836. The second-order valence-electron chi connectivity index (χ2n) is 7.53. The first-order valence-corrected chi connectivity index (χ1v) is 12.2. The molecule has 0 atom stereocenters. The number of benzene rings is 1. The average Bonchev–Trinajstić information content (AvgIpc) is 2.65. The lowest BCUT2D eigenvalue weighted by molar-refractivity contribution is 0.0823. The van der Waals surface area contributed by atoms with Crippen molar-refractivity contribution in [2.24, 2.45) is 4.99 Å². The maximum absolute atomic E-state index is 13.7. The van der Waals surface area contributed by atoms with Gasteiger partial charge in [0.25, 0.3) is 0 Å². The molecule has 164 valence electrons. The summed E-state index contributed by atoms with van der Waals surface area (Å²) in [6, 6.07) is 4.13. The van der Waals surface area contributed by atoms with E-state index in [-0.39, 0.29) is 18.4 Å². The Morgan fingerprint density at radius 2 is 2.00 bits per heavy atom. The molecule has 0 radical (unpaired) electrons. The fourth-order valence-electron chi connectivity index (χ4n) is 3.32. The van der Waals surface area contributed by atoms with Crippen LogP contribution in [0, 0.1) is 5.82 Å². The van der Waals surface area contributed by atoms with E-state index in [4.69, 9.17) is 0 Å². The molecule has 0 aromatic heterocycles. The lowest BCUT2D eigenvalue weighted by Gasteiger charge is -2.29. The van der Waals surface area contributed by atoms with Crippen LogP contribution in [0.25, 0.3) is 0 Å². The summed E-state index contributed by atoms with van der Waals surface area (Å²) in [5, 5.41) is 16.0. The Labute approximate surface area is 173 Å². The van der Waals surface area contributed by atoms with Gasteiger partial charge in [-0.3, -0.25) is 0 Å². The molecular weight excluding hydrogens is 395 g/mol. The van der Waals surface area contributed by atoms with Crippen LogP contribution >= 0.6 is 0 Å². The number of rotatable bonds is 9. The van der Waals surface area contributed by atoms with E-state index in [9.17, 15) is 17.9 Å². The number of sulfone groups is 1. The number of aliphatic imine (C=N–C) groups is 1. The molecule has 0 aliphatic carbocycles. The van der Waals surface area contributed by atoms with E-state index < -0.39 is 15.7 Å². The molecular formula is C20H33FN4O3S. The Kier molecular flexibility index (Phi) is 9.32. The fraction of sp³-hybridized carbons (Fsp3) is 0.650. The predicted molar refractivity (Wildman–Crippen MR) is 114 cm³/mol. The van der Waals surface area contributed by atoms with Crippen LogP contribution in [0.3, 0.4) is 0 Å². The van der Waals surface area contributed by atoms with E-state index in [0.717, 1.165) is 51.7 Å². The summed E-state index contributed by atoms with van der Waals surface area (Å²) in [6.07, 6.45) is 3.62. The van der Waals surface area contributed by atoms with Crippen molar-refractivity contribution >= 4 is 15.8 Å². The number of hydrogen-bond acceptors (Lipinski definition) is 5. The molecule has 0 bridgehead atoms. The molecule has 1 aromatic carbocycles. The van der Waals surface area contributed by atoms with E-state index in [1.807, 2.05) is 6.92 Å². The highest BCUT2D eigenvalue weighted by Crippen LogP contribution is 2.15. The minimum Gasteiger partial charge on any atom is -0.393 e. The van der Waals surface area contributed by atoms with Crippen molar-refractivity contribution in [3.8, 4) is 0 Å². The number of aliphatic hydroxyl groups is 1. The van der Waals surface area contributed by atoms with Crippen molar-refractivity contribution in [2.75, 3.05) is 39.0 Å². The first-order valence-electron chi connectivity index (χ1n) is 10.1. The van der Waals surface area contributed by atoms with Gasteiger partial charge in [-0.2, -0.15) is 0 Å². The lowest BCUT2D eigenvalue weighted by atomic mass is 10.1. The molecule has 9 heteroatoms. The van der Waals surface area contributed by atoms with Gasteiger partial charge in [0.05, 0.1) is 18.4 Å². The first-order chi connectivity index (χ1) is 13.8. The zero-order valence-electron chi connectivity index (χ0n) is 17.3. The molecule has 0 spiro atoms. The van der Waals surface area contributed by atoms with Crippen LogP contribution in [0.2, 0.25) is 0 Å². The highest BCUT2D eigenvalue weighted by molar-refractivity contribution is 7.89. The van der Waals surface area contributed by atoms with Crippen molar-refractivity contribution < 1.29 is 17.9 Å². The highest BCUT2D eigenvalue weighted by Gasteiger charge is 2.16. The van der Waals surface area contributed by atoms with E-state index in [1.54, 1.807) is 0 Å². The maximum atomic E-state index is 13.7. The molecule has 1 aromatic rings. The summed E-state index contributed by atoms with van der Waals surface area (Å²) in [6.45, 7) is 6.41. The monoisotopic (exact) mass is 428 g/mol. The molecule has 1 saturated heterocycles. The molecule has 0 amide bonds. The molecule has 1 aliphatic heterocycles. The van der Waals surface area contributed by atoms with Crippen LogP contribution in [0.4, 0.5) is 4.39 Å². The average molecular weight is 429 g/mol. The Balaban J connectivity index is 1.90. The van der Waals surface area contributed by atoms with Crippen LogP contribution in [-0.2, 0) is 22.1 Å². The van der Waals surface area contributed by atoms with Gasteiger partial charge in [0.1, 0.15) is 5.82 Å². The summed E-state index contributed by atoms with van der Waals surface area (Å²) >= 11 is 0. The Morgan fingerprint density at radius 3 is 2.66 bits per heavy atom. The summed E-state index contributed by atoms with van der Waals surface area (Å²) < 4.78 is 36.9.